The molecule has 0 bridgehead atoms. The molecule has 2 rings (SSSR count). The molecule has 1 heterocycles. The average molecular weight is 271 g/mol. The van der Waals surface area contributed by atoms with E-state index in [0.29, 0.717) is 17.1 Å². The van der Waals surface area contributed by atoms with E-state index in [4.69, 9.17) is 15.2 Å². The molecule has 1 aromatic carbocycles. The van der Waals surface area contributed by atoms with E-state index in [0.717, 1.165) is 0 Å². The zero-order valence-corrected chi connectivity index (χ0v) is 10.7. The van der Waals surface area contributed by atoms with Crippen LogP contribution in [0.15, 0.2) is 22.6 Å². The molecule has 0 saturated heterocycles. The van der Waals surface area contributed by atoms with Gasteiger partial charge in [0, 0.05) is 0 Å². The smallest absolute Gasteiger partial charge is 0.322 e. The quantitative estimate of drug-likeness (QED) is 0.802. The minimum atomic E-state index is -3.69. The van der Waals surface area contributed by atoms with Crippen molar-refractivity contribution in [2.24, 2.45) is 10.1 Å². The van der Waals surface area contributed by atoms with E-state index >= 15 is 0 Å². The van der Waals surface area contributed by atoms with Crippen LogP contribution in [0.4, 0.5) is 0 Å². The van der Waals surface area contributed by atoms with E-state index in [1.807, 2.05) is 0 Å². The molecule has 0 fully saturated rings. The molecule has 7 nitrogen and oxygen atoms in total. The van der Waals surface area contributed by atoms with Gasteiger partial charge in [0.25, 0.3) is 0 Å². The van der Waals surface area contributed by atoms with Crippen LogP contribution in [0.25, 0.3) is 0 Å². The first-order valence-electron chi connectivity index (χ1n) is 5.06. The molecule has 0 aromatic heterocycles. The Morgan fingerprint density at radius 2 is 1.94 bits per heavy atom. The fourth-order valence-electron chi connectivity index (χ4n) is 1.70. The molecule has 1 unspecified atom stereocenters. The van der Waals surface area contributed by atoms with E-state index in [2.05, 4.69) is 9.12 Å². The van der Waals surface area contributed by atoms with Gasteiger partial charge in [0.1, 0.15) is 11.9 Å². The number of hydrogen-bond acceptors (Lipinski definition) is 5. The molecule has 98 valence electrons. The summed E-state index contributed by atoms with van der Waals surface area (Å²) in [4.78, 5) is 0. The number of nitrogens with two attached hydrogens (primary N) is 1. The number of nitrogens with zero attached hydrogens (tertiary/aromatic N) is 1. The Morgan fingerprint density at radius 3 is 2.44 bits per heavy atom. The molecule has 1 aliphatic rings. The highest BCUT2D eigenvalue weighted by Crippen LogP contribution is 2.31. The second kappa shape index (κ2) is 4.46. The number of ether oxygens (including phenoxy) is 2. The first-order chi connectivity index (χ1) is 8.46. The van der Waals surface area contributed by atoms with Crippen LogP contribution >= 0.6 is 0 Å². The summed E-state index contributed by atoms with van der Waals surface area (Å²) in [5.74, 6) is 1.05. The van der Waals surface area contributed by atoms with E-state index in [1.165, 1.54) is 14.2 Å². The Labute approximate surface area is 105 Å². The van der Waals surface area contributed by atoms with E-state index in [1.54, 1.807) is 18.2 Å². The number of amidine groups is 1. The van der Waals surface area contributed by atoms with Crippen molar-refractivity contribution in [2.45, 2.75) is 6.04 Å². The van der Waals surface area contributed by atoms with E-state index in [9.17, 15) is 8.42 Å². The summed E-state index contributed by atoms with van der Waals surface area (Å²) >= 11 is 0. The van der Waals surface area contributed by atoms with E-state index < -0.39 is 16.3 Å². The monoisotopic (exact) mass is 271 g/mol. The zero-order valence-electron chi connectivity index (χ0n) is 9.88. The molecule has 8 heteroatoms. The molecule has 1 atom stereocenters. The zero-order chi connectivity index (χ0) is 13.3. The van der Waals surface area contributed by atoms with Crippen molar-refractivity contribution in [3.8, 4) is 11.5 Å². The minimum absolute atomic E-state index is 0.00206. The summed E-state index contributed by atoms with van der Waals surface area (Å²) in [5, 5.41) is 0. The van der Waals surface area contributed by atoms with Gasteiger partial charge >= 0.3 is 10.2 Å². The van der Waals surface area contributed by atoms with Gasteiger partial charge in [0.15, 0.2) is 11.5 Å². The van der Waals surface area contributed by atoms with Crippen LogP contribution in [-0.4, -0.2) is 28.5 Å². The van der Waals surface area contributed by atoms with Gasteiger partial charge in [-0.25, -0.2) is 0 Å². The second-order valence-corrected chi connectivity index (χ2v) is 5.02. The molecule has 1 aliphatic heterocycles. The lowest BCUT2D eigenvalue weighted by atomic mass is 10.1. The van der Waals surface area contributed by atoms with Crippen molar-refractivity contribution < 1.29 is 17.9 Å². The highest BCUT2D eigenvalue weighted by Gasteiger charge is 2.30. The van der Waals surface area contributed by atoms with Gasteiger partial charge in [-0.05, 0) is 17.7 Å². The topological polar surface area (TPSA) is 103 Å². The van der Waals surface area contributed by atoms with Gasteiger partial charge in [-0.3, -0.25) is 0 Å². The molecule has 0 spiro atoms. The van der Waals surface area contributed by atoms with Crippen molar-refractivity contribution in [1.82, 2.24) is 4.72 Å². The van der Waals surface area contributed by atoms with Crippen molar-refractivity contribution in [3.63, 3.8) is 0 Å². The lowest BCUT2D eigenvalue weighted by molar-refractivity contribution is 0.354. The van der Waals surface area contributed by atoms with Crippen LogP contribution in [0.5, 0.6) is 11.5 Å². The predicted octanol–water partition coefficient (Wildman–Crippen LogP) is -0.0499. The van der Waals surface area contributed by atoms with Crippen molar-refractivity contribution >= 4 is 16.0 Å². The summed E-state index contributed by atoms with van der Waals surface area (Å²) in [6.07, 6.45) is 0. The lowest BCUT2D eigenvalue weighted by Gasteiger charge is -2.13. The maximum atomic E-state index is 11.3. The minimum Gasteiger partial charge on any atom is -0.493 e. The number of rotatable bonds is 3. The maximum Gasteiger partial charge on any atom is 0.322 e. The normalized spacial score (nSPS) is 21.4. The molecule has 0 aliphatic carbocycles. The number of hydrogen-bond donors (Lipinski definition) is 2. The summed E-state index contributed by atoms with van der Waals surface area (Å²) in [6, 6.07) is 4.35. The third-order valence-electron chi connectivity index (χ3n) is 2.53. The molecule has 3 N–H and O–H groups in total. The molecule has 0 amide bonds. The first kappa shape index (κ1) is 12.7. The molecule has 0 saturated carbocycles. The van der Waals surface area contributed by atoms with Crippen LogP contribution in [0.3, 0.4) is 0 Å². The Kier molecular flexibility index (Phi) is 3.14. The van der Waals surface area contributed by atoms with Crippen LogP contribution in [0.2, 0.25) is 0 Å². The SMILES string of the molecule is COc1ccc(C2NS(=O)(=O)N=C2N)cc1OC. The summed E-state index contributed by atoms with van der Waals surface area (Å²) in [6.45, 7) is 0. The van der Waals surface area contributed by atoms with Gasteiger partial charge < -0.3 is 15.2 Å². The summed E-state index contributed by atoms with van der Waals surface area (Å²) in [5.41, 5.74) is 6.22. The third kappa shape index (κ3) is 2.24. The second-order valence-electron chi connectivity index (χ2n) is 3.66. The summed E-state index contributed by atoms with van der Waals surface area (Å²) < 4.78 is 38.5. The molecule has 1 aromatic rings. The van der Waals surface area contributed by atoms with Gasteiger partial charge in [-0.2, -0.15) is 13.1 Å². The number of methoxy groups -OCH3 is 2. The van der Waals surface area contributed by atoms with Crippen LogP contribution in [-0.2, 0) is 10.2 Å². The highest BCUT2D eigenvalue weighted by molar-refractivity contribution is 7.88. The lowest BCUT2D eigenvalue weighted by Crippen LogP contribution is -2.28. The standard InChI is InChI=1S/C10H13N3O4S/c1-16-7-4-3-6(5-8(7)17-2)9-10(11)13-18(14,15)12-9/h3-5,9,12H,1-2H3,(H2,11,13). The first-order valence-corrected chi connectivity index (χ1v) is 6.50. The highest BCUT2D eigenvalue weighted by atomic mass is 32.2. The van der Waals surface area contributed by atoms with Gasteiger partial charge in [0.05, 0.1) is 14.2 Å². The molecular weight excluding hydrogens is 258 g/mol. The predicted molar refractivity (Wildman–Crippen MR) is 66.0 cm³/mol. The van der Waals surface area contributed by atoms with Gasteiger partial charge in [-0.15, -0.1) is 4.40 Å². The number of benzene rings is 1. The molecule has 0 radical (unpaired) electrons. The van der Waals surface area contributed by atoms with E-state index in [-0.39, 0.29) is 5.84 Å². The fraction of sp³-hybridized carbons (Fsp3) is 0.300. The largest absolute Gasteiger partial charge is 0.493 e. The Morgan fingerprint density at radius 1 is 1.28 bits per heavy atom. The third-order valence-corrected chi connectivity index (χ3v) is 3.51. The Hall–Kier alpha value is -1.80. The van der Waals surface area contributed by atoms with Crippen LogP contribution in [0.1, 0.15) is 11.6 Å². The van der Waals surface area contributed by atoms with Crippen molar-refractivity contribution in [1.29, 1.82) is 0 Å². The van der Waals surface area contributed by atoms with Crippen LogP contribution < -0.4 is 19.9 Å². The van der Waals surface area contributed by atoms with Crippen molar-refractivity contribution in [2.75, 3.05) is 14.2 Å². The van der Waals surface area contributed by atoms with Crippen molar-refractivity contribution in [3.05, 3.63) is 23.8 Å². The van der Waals surface area contributed by atoms with Crippen LogP contribution in [0, 0.1) is 0 Å². The maximum absolute atomic E-state index is 11.3. The Bertz CT molecular complexity index is 597. The number of nitrogens with one attached hydrogen (secondary N) is 1. The van der Waals surface area contributed by atoms with Gasteiger partial charge in [-0.1, -0.05) is 6.07 Å². The fourth-order valence-corrected chi connectivity index (χ4v) is 2.69. The van der Waals surface area contributed by atoms with Gasteiger partial charge in [0.2, 0.25) is 0 Å². The molecule has 18 heavy (non-hydrogen) atoms. The summed E-state index contributed by atoms with van der Waals surface area (Å²) in [7, 11) is -0.670. The Balaban J connectivity index is 2.39. The molecular formula is C10H13N3O4S. The average Bonchev–Trinajstić information content (AvgIpc) is 2.62.